The van der Waals surface area contributed by atoms with Gasteiger partial charge in [0.1, 0.15) is 5.01 Å². The Morgan fingerprint density at radius 1 is 1.44 bits per heavy atom. The van der Waals surface area contributed by atoms with Gasteiger partial charge in [0.15, 0.2) is 0 Å². The summed E-state index contributed by atoms with van der Waals surface area (Å²) in [6.45, 7) is 2.86. The molecular formula is C12H20N2S2. The maximum Gasteiger partial charge on any atom is 0.106 e. The van der Waals surface area contributed by atoms with Crippen LogP contribution in [0.15, 0.2) is 0 Å². The standard InChI is InChI=1S/C12H20N2S2/c1-2-5-9-11(8-13)16-12(14-9)10-6-3-4-7-15-10/h10H,2-8,13H2,1H3. The molecule has 1 aliphatic heterocycles. The van der Waals surface area contributed by atoms with Crippen molar-refractivity contribution in [3.05, 3.63) is 15.6 Å². The zero-order chi connectivity index (χ0) is 11.4. The van der Waals surface area contributed by atoms with Gasteiger partial charge in [-0.1, -0.05) is 19.8 Å². The van der Waals surface area contributed by atoms with E-state index in [1.165, 1.54) is 40.6 Å². The quantitative estimate of drug-likeness (QED) is 0.896. The Kier molecular flexibility index (Phi) is 4.67. The minimum absolute atomic E-state index is 0.648. The summed E-state index contributed by atoms with van der Waals surface area (Å²) in [6.07, 6.45) is 6.28. The highest BCUT2D eigenvalue weighted by Crippen LogP contribution is 2.40. The van der Waals surface area contributed by atoms with E-state index in [1.807, 2.05) is 11.3 Å². The number of thioether (sulfide) groups is 1. The highest BCUT2D eigenvalue weighted by molar-refractivity contribution is 7.99. The zero-order valence-corrected chi connectivity index (χ0v) is 11.5. The Morgan fingerprint density at radius 2 is 2.31 bits per heavy atom. The Hall–Kier alpha value is -0.0600. The van der Waals surface area contributed by atoms with Gasteiger partial charge in [-0.15, -0.1) is 11.3 Å². The van der Waals surface area contributed by atoms with Crippen LogP contribution in [0, 0.1) is 0 Å². The van der Waals surface area contributed by atoms with E-state index in [9.17, 15) is 0 Å². The van der Waals surface area contributed by atoms with Gasteiger partial charge in [0.2, 0.25) is 0 Å². The van der Waals surface area contributed by atoms with Crippen molar-refractivity contribution in [3.8, 4) is 0 Å². The van der Waals surface area contributed by atoms with Crippen LogP contribution in [-0.4, -0.2) is 10.7 Å². The van der Waals surface area contributed by atoms with Crippen molar-refractivity contribution in [2.75, 3.05) is 5.75 Å². The molecule has 2 nitrogen and oxygen atoms in total. The van der Waals surface area contributed by atoms with Gasteiger partial charge in [0, 0.05) is 11.4 Å². The number of nitrogens with zero attached hydrogens (tertiary/aromatic N) is 1. The van der Waals surface area contributed by atoms with Gasteiger partial charge in [-0.2, -0.15) is 11.8 Å². The van der Waals surface area contributed by atoms with Crippen molar-refractivity contribution < 1.29 is 0 Å². The monoisotopic (exact) mass is 256 g/mol. The second-order valence-corrected chi connectivity index (χ2v) is 6.66. The van der Waals surface area contributed by atoms with Crippen molar-refractivity contribution in [1.82, 2.24) is 4.98 Å². The summed E-state index contributed by atoms with van der Waals surface area (Å²) >= 11 is 3.92. The molecule has 90 valence electrons. The molecule has 1 fully saturated rings. The van der Waals surface area contributed by atoms with Crippen molar-refractivity contribution in [2.24, 2.45) is 5.73 Å². The Bertz CT molecular complexity index is 330. The van der Waals surface area contributed by atoms with Crippen LogP contribution >= 0.6 is 23.1 Å². The largest absolute Gasteiger partial charge is 0.326 e. The fourth-order valence-electron chi connectivity index (χ4n) is 2.07. The van der Waals surface area contributed by atoms with Crippen molar-refractivity contribution in [1.29, 1.82) is 0 Å². The Balaban J connectivity index is 2.14. The highest BCUT2D eigenvalue weighted by atomic mass is 32.2. The minimum Gasteiger partial charge on any atom is -0.326 e. The molecule has 1 aliphatic rings. The van der Waals surface area contributed by atoms with Gasteiger partial charge in [0.25, 0.3) is 0 Å². The van der Waals surface area contributed by atoms with Crippen LogP contribution in [0.25, 0.3) is 0 Å². The minimum atomic E-state index is 0.648. The van der Waals surface area contributed by atoms with E-state index in [0.29, 0.717) is 11.8 Å². The third kappa shape index (κ3) is 2.79. The molecule has 0 amide bonds. The lowest BCUT2D eigenvalue weighted by Gasteiger charge is -2.18. The van der Waals surface area contributed by atoms with Gasteiger partial charge < -0.3 is 5.73 Å². The molecule has 2 rings (SSSR count). The second-order valence-electron chi connectivity index (χ2n) is 4.23. The lowest BCUT2D eigenvalue weighted by molar-refractivity contribution is 0.681. The van der Waals surface area contributed by atoms with E-state index in [-0.39, 0.29) is 0 Å². The third-order valence-corrected chi connectivity index (χ3v) is 5.69. The lowest BCUT2D eigenvalue weighted by Crippen LogP contribution is -2.01. The summed E-state index contributed by atoms with van der Waals surface area (Å²) in [6, 6.07) is 0. The van der Waals surface area contributed by atoms with Crippen LogP contribution in [0.5, 0.6) is 0 Å². The summed E-state index contributed by atoms with van der Waals surface area (Å²) in [5, 5.41) is 1.98. The molecule has 1 aromatic heterocycles. The molecule has 0 spiro atoms. The predicted molar refractivity (Wildman–Crippen MR) is 73.1 cm³/mol. The van der Waals surface area contributed by atoms with Gasteiger partial charge >= 0.3 is 0 Å². The number of aryl methyl sites for hydroxylation is 1. The maximum absolute atomic E-state index is 5.79. The molecule has 0 bridgehead atoms. The van der Waals surface area contributed by atoms with Crippen LogP contribution in [0.2, 0.25) is 0 Å². The highest BCUT2D eigenvalue weighted by Gasteiger charge is 2.21. The molecule has 2 heterocycles. The summed E-state index contributed by atoms with van der Waals surface area (Å²) in [5.74, 6) is 1.30. The molecule has 16 heavy (non-hydrogen) atoms. The third-order valence-electron chi connectivity index (χ3n) is 2.92. The normalized spacial score (nSPS) is 21.2. The molecule has 1 unspecified atom stereocenters. The molecular weight excluding hydrogens is 236 g/mol. The first kappa shape index (κ1) is 12.4. The molecule has 1 atom stereocenters. The zero-order valence-electron chi connectivity index (χ0n) is 9.87. The van der Waals surface area contributed by atoms with E-state index in [4.69, 9.17) is 10.7 Å². The summed E-state index contributed by atoms with van der Waals surface area (Å²) in [5.41, 5.74) is 7.05. The van der Waals surface area contributed by atoms with E-state index >= 15 is 0 Å². The van der Waals surface area contributed by atoms with E-state index in [2.05, 4.69) is 18.7 Å². The molecule has 0 aliphatic carbocycles. The number of hydrogen-bond donors (Lipinski definition) is 1. The number of thiazole rings is 1. The topological polar surface area (TPSA) is 38.9 Å². The van der Waals surface area contributed by atoms with E-state index in [0.717, 1.165) is 12.8 Å². The van der Waals surface area contributed by atoms with Crippen LogP contribution in [0.3, 0.4) is 0 Å². The molecule has 2 N–H and O–H groups in total. The maximum atomic E-state index is 5.79. The fourth-order valence-corrected chi connectivity index (χ4v) is 4.61. The van der Waals surface area contributed by atoms with Crippen LogP contribution < -0.4 is 5.73 Å². The number of rotatable bonds is 4. The molecule has 0 radical (unpaired) electrons. The van der Waals surface area contributed by atoms with Crippen LogP contribution in [0.4, 0.5) is 0 Å². The van der Waals surface area contributed by atoms with Crippen molar-refractivity contribution in [3.63, 3.8) is 0 Å². The molecule has 0 aromatic carbocycles. The Labute approximate surface area is 106 Å². The average Bonchev–Trinajstić information content (AvgIpc) is 2.74. The van der Waals surface area contributed by atoms with Gasteiger partial charge in [-0.05, 0) is 25.0 Å². The summed E-state index contributed by atoms with van der Waals surface area (Å²) < 4.78 is 0. The van der Waals surface area contributed by atoms with E-state index < -0.39 is 0 Å². The average molecular weight is 256 g/mol. The second kappa shape index (κ2) is 6.03. The number of nitrogens with two attached hydrogens (primary N) is 1. The number of aromatic nitrogens is 1. The Morgan fingerprint density at radius 3 is 2.94 bits per heavy atom. The molecule has 1 aromatic rings. The van der Waals surface area contributed by atoms with Crippen molar-refractivity contribution >= 4 is 23.1 Å². The fraction of sp³-hybridized carbons (Fsp3) is 0.750. The van der Waals surface area contributed by atoms with Gasteiger partial charge in [-0.3, -0.25) is 0 Å². The van der Waals surface area contributed by atoms with Crippen LogP contribution in [-0.2, 0) is 13.0 Å². The number of hydrogen-bond acceptors (Lipinski definition) is 4. The molecule has 4 heteroatoms. The molecule has 1 saturated heterocycles. The van der Waals surface area contributed by atoms with E-state index in [1.54, 1.807) is 0 Å². The lowest BCUT2D eigenvalue weighted by atomic mass is 10.2. The SMILES string of the molecule is CCCc1nc(C2CCCCS2)sc1CN. The summed E-state index contributed by atoms with van der Waals surface area (Å²) in [4.78, 5) is 6.12. The van der Waals surface area contributed by atoms with Crippen LogP contribution in [0.1, 0.15) is 53.4 Å². The first-order valence-electron chi connectivity index (χ1n) is 6.15. The first-order chi connectivity index (χ1) is 7.85. The predicted octanol–water partition coefficient (Wildman–Crippen LogP) is 3.51. The first-order valence-corrected chi connectivity index (χ1v) is 8.01. The van der Waals surface area contributed by atoms with Gasteiger partial charge in [-0.25, -0.2) is 4.98 Å². The summed E-state index contributed by atoms with van der Waals surface area (Å²) in [7, 11) is 0. The van der Waals surface area contributed by atoms with Crippen molar-refractivity contribution in [2.45, 2.75) is 50.8 Å². The van der Waals surface area contributed by atoms with Gasteiger partial charge in [0.05, 0.1) is 10.9 Å². The smallest absolute Gasteiger partial charge is 0.106 e. The molecule has 0 saturated carbocycles.